The van der Waals surface area contributed by atoms with Crippen LogP contribution in [0.15, 0.2) is 53.4 Å². The minimum Gasteiger partial charge on any atom is -0.354 e. The SMILES string of the molecule is CCCCC(CC)CNC(=O)CN(c1ccc(Cl)c(C(F)(F)F)c1)S(=O)(=O)c1ccccc1. The van der Waals surface area contributed by atoms with Crippen LogP contribution < -0.4 is 9.62 Å². The number of sulfonamides is 1. The van der Waals surface area contributed by atoms with Crippen LogP contribution in [-0.2, 0) is 21.0 Å². The van der Waals surface area contributed by atoms with Gasteiger partial charge in [0.15, 0.2) is 0 Å². The summed E-state index contributed by atoms with van der Waals surface area (Å²) in [6.45, 7) is 3.77. The smallest absolute Gasteiger partial charge is 0.354 e. The van der Waals surface area contributed by atoms with E-state index in [-0.39, 0.29) is 16.5 Å². The summed E-state index contributed by atoms with van der Waals surface area (Å²) in [7, 11) is -4.32. The predicted molar refractivity (Wildman–Crippen MR) is 124 cm³/mol. The second-order valence-electron chi connectivity index (χ2n) is 7.71. The summed E-state index contributed by atoms with van der Waals surface area (Å²) in [5.74, 6) is -0.367. The number of amides is 1. The first-order chi connectivity index (χ1) is 15.5. The fourth-order valence-corrected chi connectivity index (χ4v) is 4.97. The highest BCUT2D eigenvalue weighted by Gasteiger charge is 2.35. The number of hydrogen-bond donors (Lipinski definition) is 1. The molecule has 0 aromatic heterocycles. The molecule has 1 unspecified atom stereocenters. The molecule has 1 N–H and O–H groups in total. The third kappa shape index (κ3) is 7.37. The summed E-state index contributed by atoms with van der Waals surface area (Å²) in [4.78, 5) is 12.5. The Balaban J connectivity index is 2.38. The van der Waals surface area contributed by atoms with Gasteiger partial charge in [-0.25, -0.2) is 8.42 Å². The van der Waals surface area contributed by atoms with Gasteiger partial charge in [0.05, 0.1) is 21.2 Å². The molecule has 0 aliphatic heterocycles. The summed E-state index contributed by atoms with van der Waals surface area (Å²) in [5.41, 5.74) is -1.48. The lowest BCUT2D eigenvalue weighted by molar-refractivity contribution is -0.137. The molecule has 0 fully saturated rings. The number of nitrogens with one attached hydrogen (secondary N) is 1. The number of benzene rings is 2. The maximum absolute atomic E-state index is 13.4. The van der Waals surface area contributed by atoms with E-state index in [1.807, 2.05) is 6.92 Å². The van der Waals surface area contributed by atoms with Crippen molar-refractivity contribution in [2.45, 2.75) is 50.6 Å². The number of unbranched alkanes of at least 4 members (excludes halogenated alkanes) is 1. The molecule has 2 aromatic rings. The van der Waals surface area contributed by atoms with Crippen molar-refractivity contribution in [2.24, 2.45) is 5.92 Å². The largest absolute Gasteiger partial charge is 0.417 e. The third-order valence-electron chi connectivity index (χ3n) is 5.29. The fourth-order valence-electron chi connectivity index (χ4n) is 3.31. The molecule has 0 heterocycles. The van der Waals surface area contributed by atoms with E-state index in [9.17, 15) is 26.4 Å². The average molecular weight is 505 g/mol. The maximum atomic E-state index is 13.4. The molecule has 0 radical (unpaired) electrons. The summed E-state index contributed by atoms with van der Waals surface area (Å²) in [6, 6.07) is 10.0. The first-order valence-electron chi connectivity index (χ1n) is 10.7. The molecular formula is C23H28ClF3N2O3S. The number of hydrogen-bond acceptors (Lipinski definition) is 3. The van der Waals surface area contributed by atoms with Crippen LogP contribution in [0.25, 0.3) is 0 Å². The van der Waals surface area contributed by atoms with E-state index < -0.39 is 39.2 Å². The molecule has 0 spiro atoms. The number of alkyl halides is 3. The molecule has 1 amide bonds. The maximum Gasteiger partial charge on any atom is 0.417 e. The highest BCUT2D eigenvalue weighted by molar-refractivity contribution is 7.92. The molecule has 0 aliphatic rings. The van der Waals surface area contributed by atoms with E-state index in [2.05, 4.69) is 12.2 Å². The second-order valence-corrected chi connectivity index (χ2v) is 9.98. The lowest BCUT2D eigenvalue weighted by Gasteiger charge is -2.25. The van der Waals surface area contributed by atoms with Crippen molar-refractivity contribution in [1.82, 2.24) is 5.32 Å². The van der Waals surface area contributed by atoms with Gasteiger partial charge in [0.2, 0.25) is 5.91 Å². The minimum absolute atomic E-state index is 0.143. The van der Waals surface area contributed by atoms with Crippen molar-refractivity contribution >= 4 is 33.2 Å². The zero-order valence-corrected chi connectivity index (χ0v) is 20.1. The fraction of sp³-hybridized carbons (Fsp3) is 0.435. The van der Waals surface area contributed by atoms with E-state index in [0.717, 1.165) is 37.8 Å². The molecule has 2 rings (SSSR count). The number of nitrogens with zero attached hydrogens (tertiary/aromatic N) is 1. The molecule has 0 aliphatic carbocycles. The van der Waals surface area contributed by atoms with Crippen LogP contribution in [0, 0.1) is 5.92 Å². The number of rotatable bonds is 11. The lowest BCUT2D eigenvalue weighted by Crippen LogP contribution is -2.42. The average Bonchev–Trinajstić information content (AvgIpc) is 2.78. The number of anilines is 1. The molecule has 2 aromatic carbocycles. The van der Waals surface area contributed by atoms with Gasteiger partial charge in [0.25, 0.3) is 10.0 Å². The molecule has 182 valence electrons. The van der Waals surface area contributed by atoms with E-state index in [4.69, 9.17) is 11.6 Å². The Morgan fingerprint density at radius 3 is 2.36 bits per heavy atom. The molecule has 33 heavy (non-hydrogen) atoms. The van der Waals surface area contributed by atoms with Gasteiger partial charge in [0, 0.05) is 6.54 Å². The molecular weight excluding hydrogens is 477 g/mol. The van der Waals surface area contributed by atoms with Gasteiger partial charge in [0.1, 0.15) is 6.54 Å². The Hall–Kier alpha value is -2.26. The van der Waals surface area contributed by atoms with E-state index in [1.54, 1.807) is 6.07 Å². The highest BCUT2D eigenvalue weighted by Crippen LogP contribution is 2.38. The van der Waals surface area contributed by atoms with Gasteiger partial charge in [-0.1, -0.05) is 62.9 Å². The van der Waals surface area contributed by atoms with Crippen molar-refractivity contribution in [2.75, 3.05) is 17.4 Å². The predicted octanol–water partition coefficient (Wildman–Crippen LogP) is 5.89. The van der Waals surface area contributed by atoms with Gasteiger partial charge in [-0.2, -0.15) is 13.2 Å². The molecule has 0 saturated heterocycles. The lowest BCUT2D eigenvalue weighted by atomic mass is 9.99. The number of carbonyl (C=O) groups is 1. The van der Waals surface area contributed by atoms with Crippen molar-refractivity contribution in [3.8, 4) is 0 Å². The van der Waals surface area contributed by atoms with Crippen molar-refractivity contribution in [3.63, 3.8) is 0 Å². The van der Waals surface area contributed by atoms with E-state index in [0.29, 0.717) is 16.9 Å². The Bertz CT molecular complexity index is 1030. The van der Waals surface area contributed by atoms with Crippen LogP contribution in [0.5, 0.6) is 0 Å². The summed E-state index contributed by atoms with van der Waals surface area (Å²) in [6.07, 6.45) is -0.992. The Morgan fingerprint density at radius 1 is 1.12 bits per heavy atom. The Morgan fingerprint density at radius 2 is 1.79 bits per heavy atom. The van der Waals surface area contributed by atoms with Crippen LogP contribution in [0.2, 0.25) is 5.02 Å². The van der Waals surface area contributed by atoms with Gasteiger partial charge < -0.3 is 5.32 Å². The molecule has 0 saturated carbocycles. The minimum atomic E-state index is -4.79. The normalized spacial score (nSPS) is 12.9. The van der Waals surface area contributed by atoms with Gasteiger partial charge in [-0.05, 0) is 42.7 Å². The van der Waals surface area contributed by atoms with E-state index >= 15 is 0 Å². The Kier molecular flexibility index (Phi) is 9.60. The van der Waals surface area contributed by atoms with Crippen molar-refractivity contribution in [3.05, 3.63) is 59.1 Å². The monoisotopic (exact) mass is 504 g/mol. The first kappa shape index (κ1) is 27.0. The summed E-state index contributed by atoms with van der Waals surface area (Å²) < 4.78 is 67.4. The van der Waals surface area contributed by atoms with Crippen LogP contribution in [0.3, 0.4) is 0 Å². The van der Waals surface area contributed by atoms with Crippen LogP contribution >= 0.6 is 11.6 Å². The zero-order valence-electron chi connectivity index (χ0n) is 18.5. The van der Waals surface area contributed by atoms with Crippen LogP contribution in [0.1, 0.15) is 45.1 Å². The molecule has 0 bridgehead atoms. The Labute approximate surface area is 198 Å². The first-order valence-corrected chi connectivity index (χ1v) is 12.5. The summed E-state index contributed by atoms with van der Waals surface area (Å²) >= 11 is 5.70. The molecule has 5 nitrogen and oxygen atoms in total. The standard InChI is InChI=1S/C23H28ClF3N2O3S/c1-3-5-9-17(4-2)15-28-22(30)16-29(33(31,32)19-10-7-6-8-11-19)18-12-13-21(24)20(14-18)23(25,26)27/h6-8,10-14,17H,3-5,9,15-16H2,1-2H3,(H,28,30). The second kappa shape index (κ2) is 11.7. The van der Waals surface area contributed by atoms with Gasteiger partial charge in [-0.3, -0.25) is 9.10 Å². The van der Waals surface area contributed by atoms with Crippen molar-refractivity contribution < 1.29 is 26.4 Å². The summed E-state index contributed by atoms with van der Waals surface area (Å²) in [5, 5.41) is 2.17. The number of halogens is 4. The topological polar surface area (TPSA) is 66.5 Å². The van der Waals surface area contributed by atoms with Crippen molar-refractivity contribution in [1.29, 1.82) is 0 Å². The van der Waals surface area contributed by atoms with Gasteiger partial charge >= 0.3 is 6.18 Å². The van der Waals surface area contributed by atoms with Crippen LogP contribution in [0.4, 0.5) is 18.9 Å². The van der Waals surface area contributed by atoms with Gasteiger partial charge in [-0.15, -0.1) is 0 Å². The zero-order chi connectivity index (χ0) is 24.6. The van der Waals surface area contributed by atoms with E-state index in [1.165, 1.54) is 24.3 Å². The molecule has 1 atom stereocenters. The quantitative estimate of drug-likeness (QED) is 0.415. The molecule has 10 heteroatoms. The van der Waals surface area contributed by atoms with Crippen LogP contribution in [-0.4, -0.2) is 27.4 Å². The third-order valence-corrected chi connectivity index (χ3v) is 7.41. The number of carbonyl (C=O) groups excluding carboxylic acids is 1. The highest BCUT2D eigenvalue weighted by atomic mass is 35.5.